The Morgan fingerprint density at radius 2 is 1.94 bits per heavy atom. The summed E-state index contributed by atoms with van der Waals surface area (Å²) in [6.07, 6.45) is 0.333. The molecule has 0 unspecified atom stereocenters. The van der Waals surface area contributed by atoms with E-state index in [1.54, 1.807) is 29.4 Å². The smallest absolute Gasteiger partial charge is 0.225 e. The summed E-state index contributed by atoms with van der Waals surface area (Å²) in [6, 6.07) is 18.6. The van der Waals surface area contributed by atoms with Gasteiger partial charge < -0.3 is 19.5 Å². The fourth-order valence-corrected chi connectivity index (χ4v) is 5.22. The highest BCUT2D eigenvalue weighted by Crippen LogP contribution is 2.40. The summed E-state index contributed by atoms with van der Waals surface area (Å²) in [6.45, 7) is 1.64. The fourth-order valence-electron chi connectivity index (χ4n) is 4.13. The Morgan fingerprint density at radius 1 is 1.10 bits per heavy atom. The lowest BCUT2D eigenvalue weighted by Gasteiger charge is -2.20. The van der Waals surface area contributed by atoms with Crippen LogP contribution in [0.15, 0.2) is 54.6 Å². The van der Waals surface area contributed by atoms with Gasteiger partial charge in [-0.2, -0.15) is 0 Å². The van der Waals surface area contributed by atoms with Gasteiger partial charge in [0.2, 0.25) is 5.91 Å². The lowest BCUT2D eigenvalue weighted by atomic mass is 9.99. The molecule has 0 radical (unpaired) electrons. The first-order chi connectivity index (χ1) is 15.1. The van der Waals surface area contributed by atoms with E-state index in [1.807, 2.05) is 6.07 Å². The van der Waals surface area contributed by atoms with Crippen LogP contribution in [0.3, 0.4) is 0 Å². The van der Waals surface area contributed by atoms with E-state index in [2.05, 4.69) is 42.5 Å². The maximum Gasteiger partial charge on any atom is 0.225 e. The van der Waals surface area contributed by atoms with Crippen molar-refractivity contribution in [2.24, 2.45) is 0 Å². The molecule has 31 heavy (non-hydrogen) atoms. The van der Waals surface area contributed by atoms with Gasteiger partial charge in [-0.05, 0) is 41.5 Å². The van der Waals surface area contributed by atoms with Gasteiger partial charge in [-0.25, -0.2) is 0 Å². The number of nitrogens with zero attached hydrogens (tertiary/aromatic N) is 1. The van der Waals surface area contributed by atoms with Gasteiger partial charge in [-0.15, -0.1) is 11.3 Å². The normalized spacial score (nSPS) is 13.8. The largest absolute Gasteiger partial charge is 0.504 e. The molecule has 3 aromatic carbocycles. The molecule has 1 aromatic heterocycles. The lowest BCUT2D eigenvalue weighted by molar-refractivity contribution is -0.132. The number of aromatic hydroxyl groups is 1. The van der Waals surface area contributed by atoms with Gasteiger partial charge in [0.05, 0.1) is 19.6 Å². The molecule has 2 heterocycles. The number of carbonyl (C=O) groups is 1. The van der Waals surface area contributed by atoms with Gasteiger partial charge in [-0.1, -0.05) is 24.3 Å². The van der Waals surface area contributed by atoms with E-state index in [9.17, 15) is 9.90 Å². The van der Waals surface area contributed by atoms with Crippen LogP contribution >= 0.6 is 11.3 Å². The summed E-state index contributed by atoms with van der Waals surface area (Å²) in [4.78, 5) is 14.3. The van der Waals surface area contributed by atoms with Crippen molar-refractivity contribution in [2.45, 2.75) is 13.0 Å². The highest BCUT2D eigenvalue weighted by Gasteiger charge is 2.23. The Labute approximate surface area is 184 Å². The van der Waals surface area contributed by atoms with Crippen molar-refractivity contribution in [1.29, 1.82) is 0 Å². The standard InChI is InChI=1S/C25H23NO4S/c1-29-10-8-24(28)26-9-11-30-25-18(15-26)12-17(14-21(25)27)16-6-7-23-20(13-16)19-4-2-3-5-22(19)31-23/h2-7,12-14,27H,8-11,15H2,1H3. The van der Waals surface area contributed by atoms with E-state index in [0.29, 0.717) is 38.5 Å². The zero-order valence-electron chi connectivity index (χ0n) is 17.3. The Balaban J connectivity index is 1.54. The number of fused-ring (bicyclic) bond motifs is 4. The molecule has 0 aliphatic carbocycles. The van der Waals surface area contributed by atoms with Crippen LogP contribution in [0.2, 0.25) is 0 Å². The van der Waals surface area contributed by atoms with Gasteiger partial charge in [0.15, 0.2) is 11.5 Å². The molecule has 5 rings (SSSR count). The van der Waals surface area contributed by atoms with Crippen LogP contribution in [0.4, 0.5) is 0 Å². The molecule has 0 saturated heterocycles. The second-order valence-electron chi connectivity index (χ2n) is 7.70. The number of phenolic OH excluding ortho intramolecular Hbond substituents is 1. The van der Waals surface area contributed by atoms with Crippen LogP contribution in [0.1, 0.15) is 12.0 Å². The van der Waals surface area contributed by atoms with Gasteiger partial charge in [0.25, 0.3) is 0 Å². The Kier molecular flexibility index (Phi) is 5.26. The molecule has 0 spiro atoms. The Morgan fingerprint density at radius 3 is 2.81 bits per heavy atom. The van der Waals surface area contributed by atoms with Crippen molar-refractivity contribution >= 4 is 37.4 Å². The Hall–Kier alpha value is -3.09. The topological polar surface area (TPSA) is 59.0 Å². The Bertz CT molecular complexity index is 1280. The molecule has 1 N–H and O–H groups in total. The van der Waals surface area contributed by atoms with Gasteiger partial charge in [-0.3, -0.25) is 4.79 Å². The number of rotatable bonds is 4. The summed E-state index contributed by atoms with van der Waals surface area (Å²) in [5, 5.41) is 13.1. The van der Waals surface area contributed by atoms with E-state index >= 15 is 0 Å². The second-order valence-corrected chi connectivity index (χ2v) is 8.78. The lowest BCUT2D eigenvalue weighted by Crippen LogP contribution is -2.32. The first kappa shape index (κ1) is 19.8. The van der Waals surface area contributed by atoms with Crippen LogP contribution in [-0.2, 0) is 16.1 Å². The second kappa shape index (κ2) is 8.21. The molecule has 0 bridgehead atoms. The van der Waals surface area contributed by atoms with Crippen molar-refractivity contribution in [3.8, 4) is 22.6 Å². The van der Waals surface area contributed by atoms with Gasteiger partial charge >= 0.3 is 0 Å². The van der Waals surface area contributed by atoms with Crippen LogP contribution < -0.4 is 4.74 Å². The average Bonchev–Trinajstić information content (AvgIpc) is 3.00. The maximum atomic E-state index is 12.5. The quantitative estimate of drug-likeness (QED) is 0.482. The molecule has 0 fully saturated rings. The molecule has 6 heteroatoms. The summed E-state index contributed by atoms with van der Waals surface area (Å²) in [5.41, 5.74) is 2.74. The van der Waals surface area contributed by atoms with Crippen LogP contribution in [0.5, 0.6) is 11.5 Å². The highest BCUT2D eigenvalue weighted by atomic mass is 32.1. The number of thiophene rings is 1. The van der Waals surface area contributed by atoms with Gasteiger partial charge in [0.1, 0.15) is 6.61 Å². The van der Waals surface area contributed by atoms with Crippen molar-refractivity contribution < 1.29 is 19.4 Å². The van der Waals surface area contributed by atoms with Crippen LogP contribution in [0.25, 0.3) is 31.3 Å². The predicted octanol–water partition coefficient (Wildman–Crippen LogP) is 5.18. The summed E-state index contributed by atoms with van der Waals surface area (Å²) >= 11 is 1.78. The summed E-state index contributed by atoms with van der Waals surface area (Å²) in [7, 11) is 1.59. The molecular formula is C25H23NO4S. The van der Waals surface area contributed by atoms with Crippen molar-refractivity contribution in [3.05, 3.63) is 60.2 Å². The highest BCUT2D eigenvalue weighted by molar-refractivity contribution is 7.25. The zero-order chi connectivity index (χ0) is 21.4. The number of methoxy groups -OCH3 is 1. The predicted molar refractivity (Wildman–Crippen MR) is 124 cm³/mol. The molecule has 4 aromatic rings. The number of phenols is 1. The number of benzene rings is 3. The van der Waals surface area contributed by atoms with E-state index in [4.69, 9.17) is 9.47 Å². The fraction of sp³-hybridized carbons (Fsp3) is 0.240. The van der Waals surface area contributed by atoms with Gasteiger partial charge in [0, 0.05) is 39.4 Å². The summed E-state index contributed by atoms with van der Waals surface area (Å²) in [5.74, 6) is 0.594. The number of hydrogen-bond acceptors (Lipinski definition) is 5. The van der Waals surface area contributed by atoms with E-state index < -0.39 is 0 Å². The van der Waals surface area contributed by atoms with Crippen molar-refractivity contribution in [3.63, 3.8) is 0 Å². The first-order valence-corrected chi connectivity index (χ1v) is 11.1. The van der Waals surface area contributed by atoms with Crippen molar-refractivity contribution in [1.82, 2.24) is 4.90 Å². The number of hydrogen-bond donors (Lipinski definition) is 1. The third-order valence-corrected chi connectivity index (χ3v) is 6.85. The van der Waals surface area contributed by atoms with E-state index in [0.717, 1.165) is 16.7 Å². The van der Waals surface area contributed by atoms with E-state index in [1.165, 1.54) is 20.2 Å². The number of carbonyl (C=O) groups excluding carboxylic acids is 1. The molecule has 0 atom stereocenters. The molecule has 1 aliphatic heterocycles. The van der Waals surface area contributed by atoms with E-state index in [-0.39, 0.29) is 11.7 Å². The SMILES string of the molecule is COCCC(=O)N1CCOc2c(O)cc(-c3ccc4sc5ccccc5c4c3)cc2C1. The molecule has 1 amide bonds. The first-order valence-electron chi connectivity index (χ1n) is 10.3. The van der Waals surface area contributed by atoms with Crippen LogP contribution in [0, 0.1) is 0 Å². The minimum absolute atomic E-state index is 0.0226. The maximum absolute atomic E-state index is 12.5. The third-order valence-electron chi connectivity index (χ3n) is 5.70. The minimum Gasteiger partial charge on any atom is -0.504 e. The molecule has 5 nitrogen and oxygen atoms in total. The number of amides is 1. The molecule has 0 saturated carbocycles. The molecule has 158 valence electrons. The molecular weight excluding hydrogens is 410 g/mol. The average molecular weight is 434 g/mol. The van der Waals surface area contributed by atoms with Crippen molar-refractivity contribution in [2.75, 3.05) is 26.9 Å². The monoisotopic (exact) mass is 433 g/mol. The number of ether oxygens (including phenoxy) is 2. The summed E-state index contributed by atoms with van der Waals surface area (Å²) < 4.78 is 13.3. The third kappa shape index (κ3) is 3.73. The minimum atomic E-state index is 0.0226. The van der Waals surface area contributed by atoms with Crippen LogP contribution in [-0.4, -0.2) is 42.8 Å². The molecule has 1 aliphatic rings. The zero-order valence-corrected chi connectivity index (χ0v) is 18.1.